The van der Waals surface area contributed by atoms with Crippen LogP contribution < -0.4 is 5.73 Å². The summed E-state index contributed by atoms with van der Waals surface area (Å²) in [7, 11) is 0. The van der Waals surface area contributed by atoms with Gasteiger partial charge in [-0.15, -0.1) is 0 Å². The number of aliphatic hydroxyl groups is 1. The number of nitrogens with two attached hydrogens (primary N) is 1. The standard InChI is InChI=1S/C20H28N4O/c1-2-10-24-13-9-22-17(24)14-23-11-7-20(8-12-23)16-6-4-3-5-15(16)18(21)19(20)25/h3-6,9,13,18-19,25H,2,7-8,10-12,14,21H2,1H3/t18-,19+/m1/s1. The number of aliphatic hydroxyl groups excluding tert-OH is 1. The van der Waals surface area contributed by atoms with Crippen molar-refractivity contribution in [2.75, 3.05) is 13.1 Å². The summed E-state index contributed by atoms with van der Waals surface area (Å²) in [5.41, 5.74) is 8.53. The predicted octanol–water partition coefficient (Wildman–Crippen LogP) is 2.20. The number of imidazole rings is 1. The number of nitrogens with zero attached hydrogens (tertiary/aromatic N) is 3. The molecule has 2 atom stereocenters. The molecule has 0 amide bonds. The van der Waals surface area contributed by atoms with Crippen LogP contribution in [0, 0.1) is 0 Å². The van der Waals surface area contributed by atoms with E-state index in [9.17, 15) is 5.11 Å². The van der Waals surface area contributed by atoms with Crippen LogP contribution in [0.15, 0.2) is 36.7 Å². The van der Waals surface area contributed by atoms with Crippen LogP contribution in [-0.2, 0) is 18.5 Å². The minimum absolute atomic E-state index is 0.175. The Morgan fingerprint density at radius 2 is 2.04 bits per heavy atom. The summed E-state index contributed by atoms with van der Waals surface area (Å²) in [6.07, 6.45) is 6.51. The molecular formula is C20H28N4O. The van der Waals surface area contributed by atoms with Gasteiger partial charge in [0.1, 0.15) is 5.82 Å². The van der Waals surface area contributed by atoms with Crippen molar-refractivity contribution < 1.29 is 5.11 Å². The predicted molar refractivity (Wildman–Crippen MR) is 98.1 cm³/mol. The van der Waals surface area contributed by atoms with Crippen molar-refractivity contribution in [1.29, 1.82) is 0 Å². The van der Waals surface area contributed by atoms with Crippen LogP contribution in [0.2, 0.25) is 0 Å². The molecule has 1 spiro atoms. The fraction of sp³-hybridized carbons (Fsp3) is 0.550. The highest BCUT2D eigenvalue weighted by Crippen LogP contribution is 2.50. The molecule has 1 aliphatic heterocycles. The summed E-state index contributed by atoms with van der Waals surface area (Å²) in [5, 5.41) is 10.9. The Bertz CT molecular complexity index is 733. The third kappa shape index (κ3) is 2.71. The van der Waals surface area contributed by atoms with Gasteiger partial charge in [0.05, 0.1) is 18.7 Å². The summed E-state index contributed by atoms with van der Waals surface area (Å²) in [6, 6.07) is 8.07. The first-order chi connectivity index (χ1) is 12.2. The van der Waals surface area contributed by atoms with Crippen LogP contribution in [0.5, 0.6) is 0 Å². The van der Waals surface area contributed by atoms with E-state index in [1.54, 1.807) is 0 Å². The first-order valence-corrected chi connectivity index (χ1v) is 9.41. The summed E-state index contributed by atoms with van der Waals surface area (Å²) in [6.45, 7) is 6.03. The molecule has 0 radical (unpaired) electrons. The third-order valence-electron chi connectivity index (χ3n) is 6.14. The van der Waals surface area contributed by atoms with Crippen LogP contribution in [-0.4, -0.2) is 38.8 Å². The Morgan fingerprint density at radius 1 is 1.28 bits per heavy atom. The van der Waals surface area contributed by atoms with E-state index in [1.165, 1.54) is 5.56 Å². The van der Waals surface area contributed by atoms with Crippen molar-refractivity contribution in [2.24, 2.45) is 5.73 Å². The second-order valence-corrected chi connectivity index (χ2v) is 7.53. The summed E-state index contributed by atoms with van der Waals surface area (Å²) in [4.78, 5) is 6.99. The lowest BCUT2D eigenvalue weighted by atomic mass is 9.72. The minimum atomic E-state index is -0.478. The van der Waals surface area contributed by atoms with Crippen LogP contribution in [0.4, 0.5) is 0 Å². The summed E-state index contributed by atoms with van der Waals surface area (Å²) >= 11 is 0. The average molecular weight is 340 g/mol. The molecule has 2 aromatic rings. The topological polar surface area (TPSA) is 67.3 Å². The molecule has 3 N–H and O–H groups in total. The van der Waals surface area contributed by atoms with Crippen LogP contribution in [0.1, 0.15) is 49.2 Å². The second-order valence-electron chi connectivity index (χ2n) is 7.53. The number of piperidine rings is 1. The molecule has 0 unspecified atom stereocenters. The Balaban J connectivity index is 1.49. The van der Waals surface area contributed by atoms with Gasteiger partial charge in [0, 0.05) is 24.4 Å². The van der Waals surface area contributed by atoms with Crippen molar-refractivity contribution in [3.05, 3.63) is 53.6 Å². The molecule has 1 fully saturated rings. The van der Waals surface area contributed by atoms with Crippen molar-refractivity contribution in [2.45, 2.75) is 56.8 Å². The molecule has 1 aromatic carbocycles. The van der Waals surface area contributed by atoms with Gasteiger partial charge in [-0.05, 0) is 43.5 Å². The number of hydrogen-bond donors (Lipinski definition) is 2. The van der Waals surface area contributed by atoms with Crippen molar-refractivity contribution in [3.8, 4) is 0 Å². The highest BCUT2D eigenvalue weighted by atomic mass is 16.3. The Hall–Kier alpha value is -1.69. The molecule has 2 aliphatic rings. The van der Waals surface area contributed by atoms with E-state index in [1.807, 2.05) is 12.3 Å². The molecule has 1 saturated heterocycles. The first kappa shape index (κ1) is 16.8. The van der Waals surface area contributed by atoms with Gasteiger partial charge in [-0.1, -0.05) is 31.2 Å². The maximum absolute atomic E-state index is 10.9. The highest BCUT2D eigenvalue weighted by Gasteiger charge is 2.51. The zero-order valence-electron chi connectivity index (χ0n) is 14.9. The fourth-order valence-corrected chi connectivity index (χ4v) is 4.73. The SMILES string of the molecule is CCCn1ccnc1CN1CCC2(CC1)c1ccccc1[C@@H](N)[C@@H]2O. The minimum Gasteiger partial charge on any atom is -0.390 e. The zero-order valence-corrected chi connectivity index (χ0v) is 14.9. The largest absolute Gasteiger partial charge is 0.390 e. The van der Waals surface area contributed by atoms with E-state index in [0.29, 0.717) is 0 Å². The molecule has 4 rings (SSSR count). The molecule has 1 aromatic heterocycles. The summed E-state index contributed by atoms with van der Waals surface area (Å²) < 4.78 is 2.25. The monoisotopic (exact) mass is 340 g/mol. The first-order valence-electron chi connectivity index (χ1n) is 9.41. The zero-order chi connectivity index (χ0) is 17.4. The third-order valence-corrected chi connectivity index (χ3v) is 6.14. The lowest BCUT2D eigenvalue weighted by Crippen LogP contribution is -2.48. The van der Waals surface area contributed by atoms with Gasteiger partial charge in [-0.2, -0.15) is 0 Å². The number of aryl methyl sites for hydroxylation is 1. The molecule has 2 heterocycles. The van der Waals surface area contributed by atoms with E-state index in [-0.39, 0.29) is 11.5 Å². The number of aromatic nitrogens is 2. The van der Waals surface area contributed by atoms with Gasteiger partial charge < -0.3 is 15.4 Å². The van der Waals surface area contributed by atoms with Gasteiger partial charge in [-0.3, -0.25) is 4.90 Å². The molecule has 0 saturated carbocycles. The van der Waals surface area contributed by atoms with E-state index < -0.39 is 6.10 Å². The van der Waals surface area contributed by atoms with Crippen molar-refractivity contribution in [1.82, 2.24) is 14.5 Å². The molecule has 5 heteroatoms. The van der Waals surface area contributed by atoms with Crippen LogP contribution >= 0.6 is 0 Å². The van der Waals surface area contributed by atoms with Crippen molar-refractivity contribution in [3.63, 3.8) is 0 Å². The van der Waals surface area contributed by atoms with E-state index >= 15 is 0 Å². The lowest BCUT2D eigenvalue weighted by molar-refractivity contribution is 0.0263. The lowest BCUT2D eigenvalue weighted by Gasteiger charge is -2.42. The molecule has 5 nitrogen and oxygen atoms in total. The molecular weight excluding hydrogens is 312 g/mol. The van der Waals surface area contributed by atoms with Gasteiger partial charge >= 0.3 is 0 Å². The summed E-state index contributed by atoms with van der Waals surface area (Å²) in [5.74, 6) is 1.14. The van der Waals surface area contributed by atoms with Gasteiger partial charge in [-0.25, -0.2) is 4.98 Å². The second kappa shape index (κ2) is 6.56. The van der Waals surface area contributed by atoms with Crippen molar-refractivity contribution >= 4 is 0 Å². The number of likely N-dealkylation sites (tertiary alicyclic amines) is 1. The number of fused-ring (bicyclic) bond motifs is 2. The van der Waals surface area contributed by atoms with Crippen LogP contribution in [0.3, 0.4) is 0 Å². The Kier molecular flexibility index (Phi) is 4.40. The fourth-order valence-electron chi connectivity index (χ4n) is 4.73. The quantitative estimate of drug-likeness (QED) is 0.895. The normalized spacial score (nSPS) is 25.4. The van der Waals surface area contributed by atoms with Crippen LogP contribution in [0.25, 0.3) is 0 Å². The average Bonchev–Trinajstić information content (AvgIpc) is 3.15. The highest BCUT2D eigenvalue weighted by molar-refractivity contribution is 5.45. The van der Waals surface area contributed by atoms with Gasteiger partial charge in [0.25, 0.3) is 0 Å². The van der Waals surface area contributed by atoms with Gasteiger partial charge in [0.15, 0.2) is 0 Å². The number of benzene rings is 1. The molecule has 25 heavy (non-hydrogen) atoms. The Morgan fingerprint density at radius 3 is 2.80 bits per heavy atom. The molecule has 1 aliphatic carbocycles. The number of rotatable bonds is 4. The molecule has 134 valence electrons. The van der Waals surface area contributed by atoms with Gasteiger partial charge in [0.2, 0.25) is 0 Å². The van der Waals surface area contributed by atoms with E-state index in [4.69, 9.17) is 5.73 Å². The number of hydrogen-bond acceptors (Lipinski definition) is 4. The van der Waals surface area contributed by atoms with E-state index in [0.717, 1.165) is 56.8 Å². The van der Waals surface area contributed by atoms with E-state index in [2.05, 4.69) is 45.8 Å². The smallest absolute Gasteiger partial charge is 0.122 e. The molecule has 0 bridgehead atoms. The maximum atomic E-state index is 10.9. The Labute approximate surface area is 149 Å². The maximum Gasteiger partial charge on any atom is 0.122 e.